The van der Waals surface area contributed by atoms with Gasteiger partial charge < -0.3 is 19.0 Å². The van der Waals surface area contributed by atoms with E-state index >= 15 is 0 Å². The average Bonchev–Trinajstić information content (AvgIpc) is 3.56. The Morgan fingerprint density at radius 2 is 1.70 bits per heavy atom. The van der Waals surface area contributed by atoms with Crippen LogP contribution in [0.25, 0.3) is 38.8 Å². The van der Waals surface area contributed by atoms with Crippen LogP contribution in [0.3, 0.4) is 0 Å². The van der Waals surface area contributed by atoms with Crippen molar-refractivity contribution < 1.29 is 9.47 Å². The smallest absolute Gasteiger partial charge is 0.334 e. The Balaban J connectivity index is 1.72. The molecule has 40 heavy (non-hydrogen) atoms. The lowest BCUT2D eigenvalue weighted by molar-refractivity contribution is 0.389. The molecule has 3 heterocycles. The maximum atomic E-state index is 14.5. The largest absolute Gasteiger partial charge is 0.497 e. The molecule has 3 aromatic heterocycles. The minimum Gasteiger partial charge on any atom is -0.497 e. The molecule has 0 aliphatic heterocycles. The van der Waals surface area contributed by atoms with E-state index in [1.165, 1.54) is 0 Å². The average molecular weight is 532 g/mol. The Morgan fingerprint density at radius 3 is 2.42 bits per heavy atom. The summed E-state index contributed by atoms with van der Waals surface area (Å²) in [5.41, 5.74) is 6.60. The van der Waals surface area contributed by atoms with Gasteiger partial charge in [0.1, 0.15) is 23.3 Å². The fourth-order valence-electron chi connectivity index (χ4n) is 5.75. The summed E-state index contributed by atoms with van der Waals surface area (Å²) in [7, 11) is 5.15. The monoisotopic (exact) mass is 531 g/mol. The second kappa shape index (κ2) is 9.54. The molecule has 200 valence electrons. The van der Waals surface area contributed by atoms with Crippen molar-refractivity contribution in [3.05, 3.63) is 99.9 Å². The van der Waals surface area contributed by atoms with E-state index in [0.717, 1.165) is 49.9 Å². The van der Waals surface area contributed by atoms with Gasteiger partial charge in [0.15, 0.2) is 0 Å². The molecule has 0 atom stereocenters. The summed E-state index contributed by atoms with van der Waals surface area (Å²) in [5, 5.41) is 12.5. The first kappa shape index (κ1) is 25.1. The van der Waals surface area contributed by atoms with Gasteiger partial charge in [-0.25, -0.2) is 4.79 Å². The van der Waals surface area contributed by atoms with E-state index < -0.39 is 0 Å². The van der Waals surface area contributed by atoms with Crippen LogP contribution in [0.4, 0.5) is 0 Å². The number of nitrogens with one attached hydrogen (secondary N) is 1. The van der Waals surface area contributed by atoms with Crippen LogP contribution in [0.5, 0.6) is 11.5 Å². The highest BCUT2D eigenvalue weighted by Gasteiger charge is 2.28. The Kier molecular flexibility index (Phi) is 6.00. The van der Waals surface area contributed by atoms with Crippen molar-refractivity contribution in [1.29, 1.82) is 5.26 Å². The first-order chi connectivity index (χ1) is 19.4. The van der Waals surface area contributed by atoms with Gasteiger partial charge in [-0.1, -0.05) is 36.4 Å². The van der Waals surface area contributed by atoms with Gasteiger partial charge in [-0.2, -0.15) is 5.26 Å². The van der Waals surface area contributed by atoms with E-state index in [1.54, 1.807) is 29.4 Å². The topological polar surface area (TPSA) is 89.9 Å². The highest BCUT2D eigenvalue weighted by Crippen LogP contribution is 2.37. The van der Waals surface area contributed by atoms with Gasteiger partial charge in [-0.05, 0) is 37.6 Å². The predicted octanol–water partition coefficient (Wildman–Crippen LogP) is 5.83. The number of hydrogen-bond acceptors (Lipinski definition) is 4. The molecule has 0 saturated heterocycles. The zero-order valence-corrected chi connectivity index (χ0v) is 23.1. The molecule has 0 fully saturated rings. The van der Waals surface area contributed by atoms with Crippen LogP contribution in [-0.2, 0) is 13.6 Å². The molecule has 0 saturated carbocycles. The molecule has 0 radical (unpaired) electrons. The Hall–Kier alpha value is -5.16. The maximum absolute atomic E-state index is 14.5. The molecule has 6 rings (SSSR count). The maximum Gasteiger partial charge on any atom is 0.334 e. The number of benzene rings is 3. The summed E-state index contributed by atoms with van der Waals surface area (Å²) >= 11 is 0. The van der Waals surface area contributed by atoms with Crippen molar-refractivity contribution in [2.24, 2.45) is 7.05 Å². The molecule has 0 aliphatic rings. The second-order valence-electron chi connectivity index (χ2n) is 9.95. The molecule has 8 heteroatoms. The van der Waals surface area contributed by atoms with Crippen LogP contribution < -0.4 is 15.2 Å². The van der Waals surface area contributed by atoms with E-state index in [-0.39, 0.29) is 17.9 Å². The standard InChI is InChI=1S/C32H29N5O3/c1-19-14-21(39-4)15-29(40-5)24(19)17-36-27(16-33)31(30-20(2)34-25-12-8-6-10-22(25)30)37(32(36)38)28-18-35(3)26-13-9-7-11-23(26)28/h6-15,18,34H,17H2,1-5H3. The third kappa shape index (κ3) is 3.70. The first-order valence-electron chi connectivity index (χ1n) is 13.0. The van der Waals surface area contributed by atoms with Crippen molar-refractivity contribution >= 4 is 21.8 Å². The minimum atomic E-state index is -0.301. The number of ether oxygens (including phenoxy) is 2. The van der Waals surface area contributed by atoms with E-state index in [9.17, 15) is 10.1 Å². The summed E-state index contributed by atoms with van der Waals surface area (Å²) in [6.45, 7) is 4.08. The van der Waals surface area contributed by atoms with E-state index in [4.69, 9.17) is 9.47 Å². The summed E-state index contributed by atoms with van der Waals surface area (Å²) < 4.78 is 16.4. The molecule has 0 bridgehead atoms. The van der Waals surface area contributed by atoms with Gasteiger partial charge in [-0.3, -0.25) is 9.13 Å². The van der Waals surface area contributed by atoms with Crippen molar-refractivity contribution in [3.63, 3.8) is 0 Å². The molecule has 3 aromatic carbocycles. The number of H-pyrrole nitrogens is 1. The molecule has 1 N–H and O–H groups in total. The van der Waals surface area contributed by atoms with Crippen molar-refractivity contribution in [1.82, 2.24) is 18.7 Å². The number of nitrogens with zero attached hydrogens (tertiary/aromatic N) is 4. The van der Waals surface area contributed by atoms with Crippen molar-refractivity contribution in [3.8, 4) is 34.5 Å². The summed E-state index contributed by atoms with van der Waals surface area (Å²) in [6, 6.07) is 22.0. The number of fused-ring (bicyclic) bond motifs is 2. The molecule has 6 aromatic rings. The lowest BCUT2D eigenvalue weighted by atomic mass is 10.0. The SMILES string of the molecule is COc1cc(C)c(Cn2c(C#N)c(-c3c(C)[nH]c4ccccc34)n(-c3cn(C)c4ccccc34)c2=O)c(OC)c1. The second-order valence-corrected chi connectivity index (χ2v) is 9.95. The van der Waals surface area contributed by atoms with Crippen LogP contribution in [0, 0.1) is 25.2 Å². The highest BCUT2D eigenvalue weighted by molar-refractivity contribution is 5.99. The predicted molar refractivity (Wildman–Crippen MR) is 157 cm³/mol. The van der Waals surface area contributed by atoms with Gasteiger partial charge >= 0.3 is 5.69 Å². The summed E-state index contributed by atoms with van der Waals surface area (Å²) in [4.78, 5) is 17.9. The zero-order valence-electron chi connectivity index (χ0n) is 23.1. The third-order valence-corrected chi connectivity index (χ3v) is 7.67. The molecule has 0 unspecified atom stereocenters. The number of nitriles is 1. The minimum absolute atomic E-state index is 0.160. The molecular weight excluding hydrogens is 502 g/mol. The Morgan fingerprint density at radius 1 is 0.975 bits per heavy atom. The van der Waals surface area contributed by atoms with Crippen LogP contribution in [0.15, 0.2) is 71.7 Å². The Labute approximate surface area is 231 Å². The molecule has 8 nitrogen and oxygen atoms in total. The normalized spacial score (nSPS) is 11.3. The molecular formula is C32H29N5O3. The first-order valence-corrected chi connectivity index (χ1v) is 13.0. The number of rotatable bonds is 6. The molecule has 0 aliphatic carbocycles. The van der Waals surface area contributed by atoms with Crippen molar-refractivity contribution in [2.45, 2.75) is 20.4 Å². The van der Waals surface area contributed by atoms with Crippen LogP contribution >= 0.6 is 0 Å². The number of aromatic amines is 1. The van der Waals surface area contributed by atoms with E-state index in [0.29, 0.717) is 17.2 Å². The highest BCUT2D eigenvalue weighted by atomic mass is 16.5. The van der Waals surface area contributed by atoms with Crippen LogP contribution in [0.2, 0.25) is 0 Å². The van der Waals surface area contributed by atoms with Crippen LogP contribution in [-0.4, -0.2) is 32.9 Å². The summed E-state index contributed by atoms with van der Waals surface area (Å²) in [6.07, 6.45) is 1.95. The quantitative estimate of drug-likeness (QED) is 0.293. The van der Waals surface area contributed by atoms with Gasteiger partial charge in [0.2, 0.25) is 0 Å². The Bertz CT molecular complexity index is 2030. The number of para-hydroxylation sites is 2. The fraction of sp³-hybridized carbons (Fsp3) is 0.188. The lowest BCUT2D eigenvalue weighted by Crippen LogP contribution is -2.25. The van der Waals surface area contributed by atoms with Crippen molar-refractivity contribution in [2.75, 3.05) is 14.2 Å². The molecule has 0 amide bonds. The number of imidazole rings is 1. The molecule has 0 spiro atoms. The van der Waals surface area contributed by atoms with Gasteiger partial charge in [0, 0.05) is 57.9 Å². The van der Waals surface area contributed by atoms with E-state index in [2.05, 4.69) is 11.1 Å². The van der Waals surface area contributed by atoms with Gasteiger partial charge in [-0.15, -0.1) is 0 Å². The number of methoxy groups -OCH3 is 2. The van der Waals surface area contributed by atoms with Gasteiger partial charge in [0.05, 0.1) is 32.1 Å². The number of hydrogen-bond donors (Lipinski definition) is 1. The number of aromatic nitrogens is 4. The van der Waals surface area contributed by atoms with Gasteiger partial charge in [0.25, 0.3) is 0 Å². The summed E-state index contributed by atoms with van der Waals surface area (Å²) in [5.74, 6) is 1.25. The number of aryl methyl sites for hydroxylation is 3. The van der Waals surface area contributed by atoms with E-state index in [1.807, 2.05) is 86.3 Å². The van der Waals surface area contributed by atoms with Crippen LogP contribution in [0.1, 0.15) is 22.5 Å². The zero-order chi connectivity index (χ0) is 28.1. The third-order valence-electron chi connectivity index (χ3n) is 7.67. The lowest BCUT2D eigenvalue weighted by Gasteiger charge is -2.14. The fourth-order valence-corrected chi connectivity index (χ4v) is 5.75.